The zero-order valence-corrected chi connectivity index (χ0v) is 15.7. The average molecular weight is 371 g/mol. The molecule has 0 aliphatic rings. The molecule has 0 fully saturated rings. The Morgan fingerprint density at radius 3 is 1.86 bits per heavy atom. The summed E-state index contributed by atoms with van der Waals surface area (Å²) in [5.41, 5.74) is 4.83. The first kappa shape index (κ1) is 17.0. The van der Waals surface area contributed by atoms with Crippen molar-refractivity contribution in [2.45, 2.75) is 0 Å². The van der Waals surface area contributed by atoms with Crippen molar-refractivity contribution in [3.8, 4) is 39.8 Å². The van der Waals surface area contributed by atoms with Crippen molar-refractivity contribution < 1.29 is 4.42 Å². The fourth-order valence-corrected chi connectivity index (χ4v) is 3.83. The highest BCUT2D eigenvalue weighted by Gasteiger charge is 2.20. The van der Waals surface area contributed by atoms with E-state index in [1.165, 1.54) is 0 Å². The van der Waals surface area contributed by atoms with E-state index in [2.05, 4.69) is 30.3 Å². The number of nitrogens with zero attached hydrogens (tertiary/aromatic N) is 1. The minimum atomic E-state index is 0.619. The first-order chi connectivity index (χ1) is 14.4. The van der Waals surface area contributed by atoms with Gasteiger partial charge in [-0.25, -0.2) is 0 Å². The number of benzene rings is 4. The molecule has 0 saturated carbocycles. The summed E-state index contributed by atoms with van der Waals surface area (Å²) in [5.74, 6) is 1.52. The lowest BCUT2D eigenvalue weighted by molar-refractivity contribution is 0.602. The van der Waals surface area contributed by atoms with Crippen molar-refractivity contribution in [3.63, 3.8) is 0 Å². The number of rotatable bonds is 3. The van der Waals surface area contributed by atoms with Gasteiger partial charge in [0.15, 0.2) is 0 Å². The van der Waals surface area contributed by atoms with E-state index >= 15 is 0 Å². The third-order valence-electron chi connectivity index (χ3n) is 5.15. The van der Waals surface area contributed by atoms with Gasteiger partial charge in [0.1, 0.15) is 11.5 Å². The van der Waals surface area contributed by atoms with E-state index in [-0.39, 0.29) is 0 Å². The van der Waals surface area contributed by atoms with E-state index < -0.39 is 0 Å². The number of furan rings is 1. The van der Waals surface area contributed by atoms with Crippen molar-refractivity contribution in [1.82, 2.24) is 0 Å². The normalized spacial score (nSPS) is 10.7. The first-order valence-corrected chi connectivity index (χ1v) is 9.52. The molecule has 1 aromatic heterocycles. The summed E-state index contributed by atoms with van der Waals surface area (Å²) in [6.07, 6.45) is 0. The Kier molecular flexibility index (Phi) is 4.20. The summed E-state index contributed by atoms with van der Waals surface area (Å²) >= 11 is 0. The number of nitriles is 1. The fraction of sp³-hybridized carbons (Fsp3) is 0. The molecule has 2 heteroatoms. The number of hydrogen-bond acceptors (Lipinski definition) is 2. The summed E-state index contributed by atoms with van der Waals surface area (Å²) in [7, 11) is 0. The van der Waals surface area contributed by atoms with E-state index in [1.807, 2.05) is 78.9 Å². The molecule has 2 nitrogen and oxygen atoms in total. The predicted octanol–water partition coefficient (Wildman–Crippen LogP) is 7.31. The van der Waals surface area contributed by atoms with Gasteiger partial charge in [-0.2, -0.15) is 5.26 Å². The van der Waals surface area contributed by atoms with Crippen LogP contribution >= 0.6 is 0 Å². The lowest BCUT2D eigenvalue weighted by Gasteiger charge is -2.08. The van der Waals surface area contributed by atoms with E-state index in [0.717, 1.165) is 44.5 Å². The second-order valence-corrected chi connectivity index (χ2v) is 6.88. The summed E-state index contributed by atoms with van der Waals surface area (Å²) in [5, 5.41) is 11.5. The molecule has 0 unspecified atom stereocenters. The van der Waals surface area contributed by atoms with E-state index in [1.54, 1.807) is 0 Å². The maximum absolute atomic E-state index is 9.73. The molecular formula is C27H17NO. The van der Waals surface area contributed by atoms with Crippen molar-refractivity contribution in [3.05, 3.63) is 109 Å². The molecule has 0 saturated heterocycles. The molecule has 0 atom stereocenters. The summed E-state index contributed by atoms with van der Waals surface area (Å²) in [6.45, 7) is 0. The smallest absolute Gasteiger partial charge is 0.144 e. The van der Waals surface area contributed by atoms with Crippen LogP contribution in [0, 0.1) is 11.3 Å². The molecule has 136 valence electrons. The third kappa shape index (κ3) is 2.90. The molecule has 0 radical (unpaired) electrons. The molecule has 4 aromatic carbocycles. The Bertz CT molecular complexity index is 1340. The van der Waals surface area contributed by atoms with Crippen molar-refractivity contribution in [2.75, 3.05) is 0 Å². The van der Waals surface area contributed by atoms with E-state index in [9.17, 15) is 5.26 Å². The van der Waals surface area contributed by atoms with Gasteiger partial charge in [-0.05, 0) is 17.2 Å². The van der Waals surface area contributed by atoms with Gasteiger partial charge in [0.2, 0.25) is 0 Å². The fourth-order valence-electron chi connectivity index (χ4n) is 3.83. The molecule has 1 heterocycles. The van der Waals surface area contributed by atoms with Crippen LogP contribution < -0.4 is 0 Å². The largest absolute Gasteiger partial charge is 0.455 e. The zero-order valence-electron chi connectivity index (χ0n) is 15.7. The van der Waals surface area contributed by atoms with Crippen LogP contribution in [0.1, 0.15) is 5.56 Å². The van der Waals surface area contributed by atoms with Gasteiger partial charge in [-0.3, -0.25) is 0 Å². The lowest BCUT2D eigenvalue weighted by atomic mass is 9.95. The van der Waals surface area contributed by atoms with Crippen LogP contribution in [0.3, 0.4) is 0 Å². The van der Waals surface area contributed by atoms with Gasteiger partial charge < -0.3 is 4.42 Å². The highest BCUT2D eigenvalue weighted by molar-refractivity contribution is 6.07. The van der Waals surface area contributed by atoms with Crippen molar-refractivity contribution in [1.29, 1.82) is 5.26 Å². The number of fused-ring (bicyclic) bond motifs is 1. The molecule has 5 rings (SSSR count). The monoisotopic (exact) mass is 371 g/mol. The molecule has 0 amide bonds. The van der Waals surface area contributed by atoms with Gasteiger partial charge >= 0.3 is 0 Å². The molecule has 0 N–H and O–H groups in total. The lowest BCUT2D eigenvalue weighted by Crippen LogP contribution is -1.84. The van der Waals surface area contributed by atoms with Gasteiger partial charge in [-0.15, -0.1) is 0 Å². The van der Waals surface area contributed by atoms with Crippen molar-refractivity contribution >= 4 is 10.8 Å². The highest BCUT2D eigenvalue weighted by atomic mass is 16.3. The van der Waals surface area contributed by atoms with Crippen LogP contribution in [0.15, 0.2) is 108 Å². The molecule has 0 aliphatic heterocycles. The maximum Gasteiger partial charge on any atom is 0.144 e. The van der Waals surface area contributed by atoms with Gasteiger partial charge in [0, 0.05) is 21.9 Å². The molecule has 29 heavy (non-hydrogen) atoms. The third-order valence-corrected chi connectivity index (χ3v) is 5.15. The summed E-state index contributed by atoms with van der Waals surface area (Å²) < 4.78 is 6.49. The maximum atomic E-state index is 9.73. The predicted molar refractivity (Wildman–Crippen MR) is 117 cm³/mol. The summed E-state index contributed by atoms with van der Waals surface area (Å²) in [4.78, 5) is 0. The van der Waals surface area contributed by atoms with Gasteiger partial charge in [0.25, 0.3) is 0 Å². The quantitative estimate of drug-likeness (QED) is 0.333. The second kappa shape index (κ2) is 7.14. The van der Waals surface area contributed by atoms with E-state index in [0.29, 0.717) is 5.56 Å². The Morgan fingerprint density at radius 2 is 1.17 bits per heavy atom. The molecule has 0 bridgehead atoms. The zero-order chi connectivity index (χ0) is 19.6. The van der Waals surface area contributed by atoms with Crippen LogP contribution in [-0.2, 0) is 0 Å². The Morgan fingerprint density at radius 1 is 0.552 bits per heavy atom. The molecule has 5 aromatic rings. The Hall–Kier alpha value is -4.09. The average Bonchev–Trinajstić information content (AvgIpc) is 3.20. The van der Waals surface area contributed by atoms with Gasteiger partial charge in [0.05, 0.1) is 11.6 Å². The first-order valence-electron chi connectivity index (χ1n) is 9.52. The van der Waals surface area contributed by atoms with Crippen LogP contribution in [0.25, 0.3) is 44.5 Å². The minimum Gasteiger partial charge on any atom is -0.455 e. The number of hydrogen-bond donors (Lipinski definition) is 0. The Labute approximate surface area is 169 Å². The molecular weight excluding hydrogens is 354 g/mol. The van der Waals surface area contributed by atoms with Crippen LogP contribution in [0.2, 0.25) is 0 Å². The SMILES string of the molecule is N#Cc1cccc2c(-c3ccccc3-c3ccccc3)oc(-c3ccccc3)c12. The summed E-state index contributed by atoms with van der Waals surface area (Å²) in [6, 6.07) is 36.6. The standard InChI is InChI=1S/C27H17NO/c28-18-21-14-9-17-24-25(21)26(20-12-5-2-6-13-20)29-27(24)23-16-8-7-15-22(23)19-10-3-1-4-11-19/h1-17H. The Balaban J connectivity index is 1.84. The highest BCUT2D eigenvalue weighted by Crippen LogP contribution is 2.43. The minimum absolute atomic E-state index is 0.619. The van der Waals surface area contributed by atoms with E-state index in [4.69, 9.17) is 4.42 Å². The van der Waals surface area contributed by atoms with Crippen LogP contribution in [-0.4, -0.2) is 0 Å². The molecule has 0 aliphatic carbocycles. The van der Waals surface area contributed by atoms with Crippen molar-refractivity contribution in [2.24, 2.45) is 0 Å². The van der Waals surface area contributed by atoms with Crippen LogP contribution in [0.5, 0.6) is 0 Å². The van der Waals surface area contributed by atoms with Gasteiger partial charge in [-0.1, -0.05) is 97.1 Å². The molecule has 0 spiro atoms. The second-order valence-electron chi connectivity index (χ2n) is 6.88. The topological polar surface area (TPSA) is 36.9 Å². The van der Waals surface area contributed by atoms with Crippen LogP contribution in [0.4, 0.5) is 0 Å².